The number of hydrogen-bond donors (Lipinski definition) is 1. The second-order valence-corrected chi connectivity index (χ2v) is 10.1. The molecule has 0 spiro atoms. The van der Waals surface area contributed by atoms with Crippen molar-refractivity contribution in [2.24, 2.45) is 5.10 Å². The van der Waals surface area contributed by atoms with Gasteiger partial charge >= 0.3 is 0 Å². The fourth-order valence-corrected chi connectivity index (χ4v) is 4.96. The fraction of sp³-hybridized carbons (Fsp3) is 0.200. The number of halogens is 1. The first-order chi connectivity index (χ1) is 16.7. The van der Waals surface area contributed by atoms with Crippen molar-refractivity contribution in [3.63, 3.8) is 0 Å². The molecule has 0 saturated heterocycles. The normalized spacial score (nSPS) is 11.7. The molecule has 0 aliphatic rings. The van der Waals surface area contributed by atoms with E-state index in [0.717, 1.165) is 9.20 Å². The summed E-state index contributed by atoms with van der Waals surface area (Å²) >= 11 is 1.50. The van der Waals surface area contributed by atoms with Gasteiger partial charge in [-0.1, -0.05) is 12.1 Å². The molecule has 0 bridgehead atoms. The van der Waals surface area contributed by atoms with Crippen LogP contribution in [0.4, 0.5) is 10.1 Å². The lowest BCUT2D eigenvalue weighted by Crippen LogP contribution is -2.39. The first-order valence-electron chi connectivity index (χ1n) is 10.7. The highest BCUT2D eigenvalue weighted by Crippen LogP contribution is 2.27. The molecule has 0 fully saturated rings. The van der Waals surface area contributed by atoms with E-state index in [2.05, 4.69) is 10.5 Å². The van der Waals surface area contributed by atoms with Crippen molar-refractivity contribution in [2.45, 2.75) is 23.6 Å². The highest BCUT2D eigenvalue weighted by molar-refractivity contribution is 7.98. The zero-order valence-electron chi connectivity index (χ0n) is 19.6. The lowest BCUT2D eigenvalue weighted by molar-refractivity contribution is -0.119. The van der Waals surface area contributed by atoms with Gasteiger partial charge in [-0.15, -0.1) is 11.8 Å². The number of nitrogens with one attached hydrogen (secondary N) is 1. The number of thioether (sulfide) groups is 1. The molecule has 10 heteroatoms. The summed E-state index contributed by atoms with van der Waals surface area (Å²) < 4.78 is 46.6. The zero-order valence-corrected chi connectivity index (χ0v) is 21.2. The first kappa shape index (κ1) is 26.2. The van der Waals surface area contributed by atoms with E-state index in [0.29, 0.717) is 29.3 Å². The lowest BCUT2D eigenvalue weighted by atomic mass is 10.1. The van der Waals surface area contributed by atoms with Crippen molar-refractivity contribution in [3.8, 4) is 5.75 Å². The van der Waals surface area contributed by atoms with E-state index in [1.165, 1.54) is 48.2 Å². The molecule has 0 saturated carbocycles. The van der Waals surface area contributed by atoms with Crippen molar-refractivity contribution >= 4 is 39.1 Å². The zero-order chi connectivity index (χ0) is 25.4. The Hall–Kier alpha value is -3.37. The third-order valence-electron chi connectivity index (χ3n) is 4.98. The molecule has 3 aromatic carbocycles. The molecule has 3 rings (SSSR count). The van der Waals surface area contributed by atoms with Gasteiger partial charge in [0.1, 0.15) is 18.1 Å². The van der Waals surface area contributed by atoms with Crippen LogP contribution < -0.4 is 14.5 Å². The fourth-order valence-electron chi connectivity index (χ4n) is 3.13. The van der Waals surface area contributed by atoms with Crippen molar-refractivity contribution in [2.75, 3.05) is 23.7 Å². The number of hydrazone groups is 1. The molecule has 0 heterocycles. The van der Waals surface area contributed by atoms with E-state index in [-0.39, 0.29) is 10.7 Å². The summed E-state index contributed by atoms with van der Waals surface area (Å²) in [5, 5.41) is 4.04. The van der Waals surface area contributed by atoms with Crippen LogP contribution in [0.15, 0.2) is 87.7 Å². The van der Waals surface area contributed by atoms with Crippen LogP contribution in [-0.4, -0.2) is 39.4 Å². The quantitative estimate of drug-likeness (QED) is 0.241. The van der Waals surface area contributed by atoms with Gasteiger partial charge in [0.2, 0.25) is 0 Å². The summed E-state index contributed by atoms with van der Waals surface area (Å²) in [5.74, 6) is -0.432. The summed E-state index contributed by atoms with van der Waals surface area (Å²) in [5.41, 5.74) is 3.76. The number of ether oxygens (including phenoxy) is 1. The van der Waals surface area contributed by atoms with Gasteiger partial charge in [0, 0.05) is 4.90 Å². The Morgan fingerprint density at radius 2 is 1.66 bits per heavy atom. The third kappa shape index (κ3) is 6.83. The predicted octanol–water partition coefficient (Wildman–Crippen LogP) is 4.68. The smallest absolute Gasteiger partial charge is 0.264 e. The lowest BCUT2D eigenvalue weighted by Gasteiger charge is -2.24. The highest BCUT2D eigenvalue weighted by Gasteiger charge is 2.27. The van der Waals surface area contributed by atoms with Crippen LogP contribution >= 0.6 is 11.8 Å². The molecule has 35 heavy (non-hydrogen) atoms. The molecule has 7 nitrogen and oxygen atoms in total. The van der Waals surface area contributed by atoms with E-state index in [1.54, 1.807) is 43.3 Å². The summed E-state index contributed by atoms with van der Waals surface area (Å²) in [4.78, 5) is 13.7. The Morgan fingerprint density at radius 1 is 1.03 bits per heavy atom. The van der Waals surface area contributed by atoms with Gasteiger partial charge < -0.3 is 4.74 Å². The van der Waals surface area contributed by atoms with Crippen LogP contribution in [0.5, 0.6) is 5.75 Å². The Labute approximate surface area is 209 Å². The molecule has 0 atom stereocenters. The Bertz CT molecular complexity index is 1280. The van der Waals surface area contributed by atoms with Crippen LogP contribution in [0.25, 0.3) is 0 Å². The summed E-state index contributed by atoms with van der Waals surface area (Å²) in [6.07, 6.45) is 1.90. The van der Waals surface area contributed by atoms with E-state index in [1.807, 2.05) is 13.2 Å². The number of carbonyl (C=O) groups is 1. The van der Waals surface area contributed by atoms with Gasteiger partial charge in [-0.3, -0.25) is 9.10 Å². The maximum atomic E-state index is 13.5. The highest BCUT2D eigenvalue weighted by atomic mass is 32.2. The van der Waals surface area contributed by atoms with Crippen molar-refractivity contribution in [1.82, 2.24) is 5.43 Å². The SMILES string of the molecule is CCOc1ccc(N(CC(=O)N/N=C(/C)c2ccc(F)cc2)S(=O)(=O)c2ccc(SC)cc2)cc1. The van der Waals surface area contributed by atoms with Gasteiger partial charge in [0.25, 0.3) is 15.9 Å². The number of nitrogens with zero attached hydrogens (tertiary/aromatic N) is 2. The summed E-state index contributed by atoms with van der Waals surface area (Å²) in [6.45, 7) is 3.47. The second-order valence-electron chi connectivity index (χ2n) is 7.35. The first-order valence-corrected chi connectivity index (χ1v) is 13.4. The topological polar surface area (TPSA) is 88.1 Å². The molecule has 0 aromatic heterocycles. The Morgan fingerprint density at radius 3 is 2.23 bits per heavy atom. The van der Waals surface area contributed by atoms with Gasteiger partial charge in [0.15, 0.2) is 0 Å². The maximum Gasteiger partial charge on any atom is 0.264 e. The largest absolute Gasteiger partial charge is 0.494 e. The second kappa shape index (κ2) is 11.9. The number of hydrogen-bond acceptors (Lipinski definition) is 6. The predicted molar refractivity (Wildman–Crippen MR) is 137 cm³/mol. The standard InChI is InChI=1S/C25H26FN3O4S2/c1-4-33-22-11-9-21(10-12-22)29(35(31,32)24-15-13-23(34-3)14-16-24)17-25(30)28-27-18(2)19-5-7-20(26)8-6-19/h5-16H,4,17H2,1-3H3,(H,28,30)/b27-18-. The van der Waals surface area contributed by atoms with Crippen molar-refractivity contribution < 1.29 is 22.3 Å². The van der Waals surface area contributed by atoms with E-state index >= 15 is 0 Å². The van der Waals surface area contributed by atoms with Gasteiger partial charge in [-0.05, 0) is 86.3 Å². The van der Waals surface area contributed by atoms with Crippen molar-refractivity contribution in [3.05, 3.63) is 84.2 Å². The molecule has 1 amide bonds. The molecule has 3 aromatic rings. The van der Waals surface area contributed by atoms with Gasteiger partial charge in [-0.25, -0.2) is 18.2 Å². The molecule has 0 aliphatic carbocycles. The number of benzene rings is 3. The van der Waals surface area contributed by atoms with Crippen LogP contribution in [0.1, 0.15) is 19.4 Å². The van der Waals surface area contributed by atoms with E-state index < -0.39 is 22.5 Å². The average molecular weight is 516 g/mol. The van der Waals surface area contributed by atoms with Crippen molar-refractivity contribution in [1.29, 1.82) is 0 Å². The van der Waals surface area contributed by atoms with E-state index in [9.17, 15) is 17.6 Å². The van der Waals surface area contributed by atoms with Crippen LogP contribution in [0.2, 0.25) is 0 Å². The number of sulfonamides is 1. The van der Waals surface area contributed by atoms with Crippen LogP contribution in [-0.2, 0) is 14.8 Å². The summed E-state index contributed by atoms with van der Waals surface area (Å²) in [7, 11) is -4.06. The number of anilines is 1. The third-order valence-corrected chi connectivity index (χ3v) is 7.51. The molecule has 1 N–H and O–H groups in total. The molecule has 0 aliphatic heterocycles. The molecule has 0 radical (unpaired) electrons. The minimum absolute atomic E-state index is 0.0583. The monoisotopic (exact) mass is 515 g/mol. The van der Waals surface area contributed by atoms with E-state index in [4.69, 9.17) is 4.74 Å². The maximum absolute atomic E-state index is 13.5. The van der Waals surface area contributed by atoms with Crippen LogP contribution in [0, 0.1) is 5.82 Å². The number of amides is 1. The molecule has 184 valence electrons. The molecular formula is C25H26FN3O4S2. The minimum atomic E-state index is -4.06. The summed E-state index contributed by atoms with van der Waals surface area (Å²) in [6, 6.07) is 18.6. The molecule has 0 unspecified atom stereocenters. The number of carbonyl (C=O) groups excluding carboxylic acids is 1. The average Bonchev–Trinajstić information content (AvgIpc) is 2.87. The van der Waals surface area contributed by atoms with Gasteiger partial charge in [-0.2, -0.15) is 5.10 Å². The minimum Gasteiger partial charge on any atom is -0.494 e. The van der Waals surface area contributed by atoms with Crippen LogP contribution in [0.3, 0.4) is 0 Å². The Kier molecular flexibility index (Phi) is 8.89. The number of rotatable bonds is 10. The molecular weight excluding hydrogens is 489 g/mol. The van der Waals surface area contributed by atoms with Gasteiger partial charge in [0.05, 0.1) is 22.9 Å². The Balaban J connectivity index is 1.87.